The molecule has 0 saturated carbocycles. The second-order valence-corrected chi connectivity index (χ2v) is 3.35. The molecule has 1 nitrogen and oxygen atoms in total. The van der Waals surface area contributed by atoms with Gasteiger partial charge in [0.2, 0.25) is 0 Å². The van der Waals surface area contributed by atoms with Gasteiger partial charge in [0.1, 0.15) is 0 Å². The van der Waals surface area contributed by atoms with Crippen LogP contribution < -0.4 is 0 Å². The van der Waals surface area contributed by atoms with Crippen molar-refractivity contribution in [3.05, 3.63) is 29.8 Å². The van der Waals surface area contributed by atoms with Crippen LogP contribution in [0.5, 0.6) is 5.75 Å². The lowest BCUT2D eigenvalue weighted by molar-refractivity contribution is 0.136. The third-order valence-corrected chi connectivity index (χ3v) is 2.26. The Morgan fingerprint density at radius 2 is 1.77 bits per heavy atom. The van der Waals surface area contributed by atoms with Crippen LogP contribution in [0.4, 0.5) is 0 Å². The number of rotatable bonds is 5. The SMILES string of the molecule is CCCCCc1ccc([OH+]C)cc1. The molecule has 0 atom stereocenters. The molecular formula is C12H19O+. The molecule has 0 aromatic heterocycles. The van der Waals surface area contributed by atoms with Gasteiger partial charge in [0, 0.05) is 12.1 Å². The van der Waals surface area contributed by atoms with Crippen molar-refractivity contribution in [2.75, 3.05) is 7.11 Å². The molecule has 13 heavy (non-hydrogen) atoms. The smallest absolute Gasteiger partial charge is 0.254 e. The Labute approximate surface area is 80.7 Å². The number of aliphatic hydroxyl groups is 1. The summed E-state index contributed by atoms with van der Waals surface area (Å²) in [7, 11) is 1.83. The van der Waals surface area contributed by atoms with E-state index in [4.69, 9.17) is 0 Å². The number of benzene rings is 1. The Bertz CT molecular complexity index is 225. The first-order valence-corrected chi connectivity index (χ1v) is 5.05. The Morgan fingerprint density at radius 3 is 2.31 bits per heavy atom. The minimum absolute atomic E-state index is 1.07. The Kier molecular flexibility index (Phi) is 4.37. The summed E-state index contributed by atoms with van der Waals surface area (Å²) in [6, 6.07) is 8.53. The zero-order valence-electron chi connectivity index (χ0n) is 8.59. The Hall–Kier alpha value is -0.980. The molecule has 0 spiro atoms. The molecular weight excluding hydrogens is 160 g/mol. The van der Waals surface area contributed by atoms with Crippen molar-refractivity contribution in [2.45, 2.75) is 32.6 Å². The summed E-state index contributed by atoms with van der Waals surface area (Å²) in [5.74, 6) is 1.07. The van der Waals surface area contributed by atoms with Crippen molar-refractivity contribution in [1.29, 1.82) is 0 Å². The highest BCUT2D eigenvalue weighted by molar-refractivity contribution is 5.26. The summed E-state index contributed by atoms with van der Waals surface area (Å²) in [4.78, 5) is 0. The third-order valence-electron chi connectivity index (χ3n) is 2.26. The van der Waals surface area contributed by atoms with E-state index in [2.05, 4.69) is 35.9 Å². The zero-order chi connectivity index (χ0) is 9.52. The predicted octanol–water partition coefficient (Wildman–Crippen LogP) is 3.29. The topological polar surface area (TPSA) is 12.8 Å². The molecule has 0 aliphatic rings. The van der Waals surface area contributed by atoms with Gasteiger partial charge in [-0.2, -0.15) is 0 Å². The first-order chi connectivity index (χ1) is 6.36. The Balaban J connectivity index is 2.40. The standard InChI is InChI=1S/C12H18O/c1-3-4-5-6-11-7-9-12(13-2)10-8-11/h7-10H,3-6H2,1-2H3/p+1. The number of hydrogen-bond donors (Lipinski definition) is 0. The molecule has 1 rings (SSSR count). The van der Waals surface area contributed by atoms with Gasteiger partial charge in [-0.05, 0) is 30.5 Å². The maximum Gasteiger partial charge on any atom is 0.254 e. The van der Waals surface area contributed by atoms with E-state index in [0.717, 1.165) is 5.75 Å². The van der Waals surface area contributed by atoms with Crippen molar-refractivity contribution in [3.63, 3.8) is 0 Å². The maximum atomic E-state index is 4.11. The summed E-state index contributed by atoms with van der Waals surface area (Å²) >= 11 is 0. The van der Waals surface area contributed by atoms with Crippen molar-refractivity contribution in [2.24, 2.45) is 0 Å². The van der Waals surface area contributed by atoms with Gasteiger partial charge in [0.05, 0.1) is 0 Å². The minimum atomic E-state index is 1.07. The predicted molar refractivity (Wildman–Crippen MR) is 57.3 cm³/mol. The van der Waals surface area contributed by atoms with Crippen LogP contribution in [0.3, 0.4) is 0 Å². The lowest BCUT2D eigenvalue weighted by Crippen LogP contribution is -1.85. The van der Waals surface area contributed by atoms with Crippen LogP contribution >= 0.6 is 0 Å². The van der Waals surface area contributed by atoms with Gasteiger partial charge in [-0.1, -0.05) is 19.8 Å². The summed E-state index contributed by atoms with van der Waals surface area (Å²) in [5.41, 5.74) is 1.43. The lowest BCUT2D eigenvalue weighted by atomic mass is 10.1. The zero-order valence-corrected chi connectivity index (χ0v) is 8.59. The summed E-state index contributed by atoms with van der Waals surface area (Å²) in [5, 5.41) is 0. The molecule has 0 heterocycles. The molecule has 0 unspecified atom stereocenters. The van der Waals surface area contributed by atoms with Crippen LogP contribution in [0.25, 0.3) is 0 Å². The van der Waals surface area contributed by atoms with E-state index in [1.54, 1.807) is 0 Å². The Morgan fingerprint density at radius 1 is 1.08 bits per heavy atom. The normalized spacial score (nSPS) is 10.0. The van der Waals surface area contributed by atoms with E-state index in [1.807, 2.05) is 7.11 Å². The van der Waals surface area contributed by atoms with Gasteiger partial charge in [0.25, 0.3) is 5.75 Å². The minimum Gasteiger partial charge on any atom is -0.585 e. The lowest BCUT2D eigenvalue weighted by Gasteiger charge is -2.01. The fourth-order valence-corrected chi connectivity index (χ4v) is 1.39. The van der Waals surface area contributed by atoms with Crippen LogP contribution in [0, 0.1) is 0 Å². The van der Waals surface area contributed by atoms with Crippen molar-refractivity contribution in [1.82, 2.24) is 0 Å². The molecule has 0 saturated heterocycles. The van der Waals surface area contributed by atoms with Gasteiger partial charge >= 0.3 is 0 Å². The van der Waals surface area contributed by atoms with Gasteiger partial charge in [-0.25, -0.2) is 0 Å². The number of unbranched alkanes of at least 4 members (excludes halogenated alkanes) is 2. The van der Waals surface area contributed by atoms with E-state index in [-0.39, 0.29) is 0 Å². The molecule has 1 aromatic carbocycles. The maximum absolute atomic E-state index is 4.11. The molecule has 72 valence electrons. The van der Waals surface area contributed by atoms with Crippen LogP contribution in [0.15, 0.2) is 24.3 Å². The molecule has 0 radical (unpaired) electrons. The van der Waals surface area contributed by atoms with E-state index >= 15 is 0 Å². The van der Waals surface area contributed by atoms with Gasteiger partial charge in [-0.15, -0.1) is 0 Å². The molecule has 1 N–H and O–H groups in total. The molecule has 0 fully saturated rings. The summed E-state index contributed by atoms with van der Waals surface area (Å²) < 4.78 is 4.11. The van der Waals surface area contributed by atoms with Crippen molar-refractivity contribution < 1.29 is 4.74 Å². The molecule has 1 aromatic rings. The number of hydrogen-bond acceptors (Lipinski definition) is 0. The molecule has 0 amide bonds. The van der Waals surface area contributed by atoms with Crippen molar-refractivity contribution >= 4 is 0 Å². The van der Waals surface area contributed by atoms with Gasteiger partial charge < -0.3 is 4.74 Å². The first kappa shape index (κ1) is 10.1. The monoisotopic (exact) mass is 179 g/mol. The highest BCUT2D eigenvalue weighted by Crippen LogP contribution is 2.14. The molecule has 1 heteroatoms. The number of aryl methyl sites for hydroxylation is 1. The van der Waals surface area contributed by atoms with E-state index in [0.29, 0.717) is 0 Å². The quantitative estimate of drug-likeness (QED) is 0.486. The van der Waals surface area contributed by atoms with Crippen LogP contribution in [-0.2, 0) is 6.42 Å². The summed E-state index contributed by atoms with van der Waals surface area (Å²) in [6.07, 6.45) is 5.14. The second kappa shape index (κ2) is 5.63. The van der Waals surface area contributed by atoms with Gasteiger partial charge in [-0.3, -0.25) is 0 Å². The van der Waals surface area contributed by atoms with E-state index in [9.17, 15) is 0 Å². The summed E-state index contributed by atoms with van der Waals surface area (Å²) in [6.45, 7) is 2.24. The second-order valence-electron chi connectivity index (χ2n) is 3.35. The van der Waals surface area contributed by atoms with Crippen LogP contribution in [-0.4, -0.2) is 11.8 Å². The average Bonchev–Trinajstić information content (AvgIpc) is 2.19. The van der Waals surface area contributed by atoms with E-state index in [1.165, 1.54) is 31.2 Å². The molecule has 0 bridgehead atoms. The van der Waals surface area contributed by atoms with E-state index < -0.39 is 0 Å². The number of aromatic hydroxyl groups is 1. The highest BCUT2D eigenvalue weighted by atomic mass is 16.5. The largest absolute Gasteiger partial charge is 0.585 e. The van der Waals surface area contributed by atoms with Crippen molar-refractivity contribution in [3.8, 4) is 5.75 Å². The van der Waals surface area contributed by atoms with Crippen LogP contribution in [0.2, 0.25) is 0 Å². The fourth-order valence-electron chi connectivity index (χ4n) is 1.39. The fraction of sp³-hybridized carbons (Fsp3) is 0.500. The number of ether oxygens (including phenoxy) is 1. The van der Waals surface area contributed by atoms with Gasteiger partial charge in [0.15, 0.2) is 7.11 Å². The highest BCUT2D eigenvalue weighted by Gasteiger charge is 1.96. The molecule has 0 aliphatic carbocycles. The first-order valence-electron chi connectivity index (χ1n) is 5.05. The van der Waals surface area contributed by atoms with Crippen LogP contribution in [0.1, 0.15) is 31.7 Å². The average molecular weight is 179 g/mol. The molecule has 0 aliphatic heterocycles. The third kappa shape index (κ3) is 3.49.